The summed E-state index contributed by atoms with van der Waals surface area (Å²) in [4.78, 5) is 4.51. The van der Waals surface area contributed by atoms with E-state index in [1.54, 1.807) is 0 Å². The van der Waals surface area contributed by atoms with Crippen LogP contribution in [0, 0.1) is 12.8 Å². The van der Waals surface area contributed by atoms with Crippen molar-refractivity contribution in [2.24, 2.45) is 5.92 Å². The number of nitrogens with zero attached hydrogens (tertiary/aromatic N) is 1. The third kappa shape index (κ3) is 2.51. The molecule has 0 aliphatic rings. The predicted octanol–water partition coefficient (Wildman–Crippen LogP) is 4.73. The van der Waals surface area contributed by atoms with Crippen LogP contribution in [0.25, 0.3) is 16.8 Å². The third-order valence-corrected chi connectivity index (χ3v) is 3.16. The summed E-state index contributed by atoms with van der Waals surface area (Å²) in [5.41, 5.74) is 5.71. The Morgan fingerprint density at radius 3 is 2.44 bits per heavy atom. The van der Waals surface area contributed by atoms with Gasteiger partial charge in [0.2, 0.25) is 0 Å². The van der Waals surface area contributed by atoms with Crippen molar-refractivity contribution in [3.8, 4) is 11.3 Å². The predicted molar refractivity (Wildman–Crippen MR) is 78.3 cm³/mol. The van der Waals surface area contributed by atoms with E-state index in [-0.39, 0.29) is 0 Å². The Morgan fingerprint density at radius 2 is 1.83 bits per heavy atom. The highest BCUT2D eigenvalue weighted by atomic mass is 14.7. The zero-order chi connectivity index (χ0) is 13.1. The SMILES string of the molecule is C=C(c1ccccc1-c1ccc(C)cn1)C(C)C. The zero-order valence-corrected chi connectivity index (χ0v) is 11.3. The summed E-state index contributed by atoms with van der Waals surface area (Å²) in [6.07, 6.45) is 1.91. The Balaban J connectivity index is 2.51. The molecular formula is C17H19N. The van der Waals surface area contributed by atoms with Crippen molar-refractivity contribution < 1.29 is 0 Å². The Bertz CT molecular complexity index is 550. The second-order valence-corrected chi connectivity index (χ2v) is 4.95. The first-order valence-electron chi connectivity index (χ1n) is 6.31. The fourth-order valence-corrected chi connectivity index (χ4v) is 1.92. The van der Waals surface area contributed by atoms with Crippen molar-refractivity contribution in [3.05, 3.63) is 60.3 Å². The van der Waals surface area contributed by atoms with Gasteiger partial charge < -0.3 is 0 Å². The molecule has 92 valence electrons. The van der Waals surface area contributed by atoms with Gasteiger partial charge in [-0.2, -0.15) is 0 Å². The number of hydrogen-bond acceptors (Lipinski definition) is 1. The van der Waals surface area contributed by atoms with Crippen molar-refractivity contribution in [1.29, 1.82) is 0 Å². The number of pyridine rings is 1. The van der Waals surface area contributed by atoms with Gasteiger partial charge in [-0.25, -0.2) is 0 Å². The van der Waals surface area contributed by atoms with Gasteiger partial charge in [0.25, 0.3) is 0 Å². The second kappa shape index (κ2) is 5.18. The lowest BCUT2D eigenvalue weighted by Crippen LogP contribution is -1.96. The molecule has 18 heavy (non-hydrogen) atoms. The van der Waals surface area contributed by atoms with E-state index in [2.05, 4.69) is 62.7 Å². The Kier molecular flexibility index (Phi) is 3.61. The van der Waals surface area contributed by atoms with Crippen LogP contribution in [-0.4, -0.2) is 4.98 Å². The summed E-state index contributed by atoms with van der Waals surface area (Å²) in [6, 6.07) is 12.5. The maximum Gasteiger partial charge on any atom is 0.0708 e. The number of rotatable bonds is 3. The minimum Gasteiger partial charge on any atom is -0.256 e. The van der Waals surface area contributed by atoms with Gasteiger partial charge in [-0.15, -0.1) is 0 Å². The molecule has 1 heteroatoms. The molecule has 1 aromatic heterocycles. The Hall–Kier alpha value is -1.89. The molecule has 0 aliphatic carbocycles. The van der Waals surface area contributed by atoms with Crippen LogP contribution in [0.1, 0.15) is 25.0 Å². The lowest BCUT2D eigenvalue weighted by Gasteiger charge is -2.14. The first-order valence-corrected chi connectivity index (χ1v) is 6.31. The smallest absolute Gasteiger partial charge is 0.0708 e. The van der Waals surface area contributed by atoms with E-state index < -0.39 is 0 Å². The molecular weight excluding hydrogens is 218 g/mol. The van der Waals surface area contributed by atoms with Gasteiger partial charge in [0.05, 0.1) is 5.69 Å². The van der Waals surface area contributed by atoms with Crippen molar-refractivity contribution in [1.82, 2.24) is 4.98 Å². The van der Waals surface area contributed by atoms with Gasteiger partial charge in [0.1, 0.15) is 0 Å². The van der Waals surface area contributed by atoms with Crippen LogP contribution >= 0.6 is 0 Å². The van der Waals surface area contributed by atoms with Crippen LogP contribution in [0.2, 0.25) is 0 Å². The quantitative estimate of drug-likeness (QED) is 0.752. The normalized spacial score (nSPS) is 10.7. The topological polar surface area (TPSA) is 12.9 Å². The minimum absolute atomic E-state index is 0.441. The van der Waals surface area contributed by atoms with E-state index in [1.807, 2.05) is 12.3 Å². The molecule has 0 bridgehead atoms. The van der Waals surface area contributed by atoms with E-state index >= 15 is 0 Å². The highest BCUT2D eigenvalue weighted by molar-refractivity contribution is 5.79. The molecule has 2 aromatic rings. The van der Waals surface area contributed by atoms with Crippen LogP contribution < -0.4 is 0 Å². The average Bonchev–Trinajstić information content (AvgIpc) is 2.39. The summed E-state index contributed by atoms with van der Waals surface area (Å²) in [7, 11) is 0. The molecule has 2 rings (SSSR count). The summed E-state index contributed by atoms with van der Waals surface area (Å²) in [6.45, 7) is 10.6. The average molecular weight is 237 g/mol. The van der Waals surface area contributed by atoms with Crippen molar-refractivity contribution in [2.45, 2.75) is 20.8 Å². The molecule has 0 fully saturated rings. The summed E-state index contributed by atoms with van der Waals surface area (Å²) < 4.78 is 0. The molecule has 0 spiro atoms. The van der Waals surface area contributed by atoms with Gasteiger partial charge >= 0.3 is 0 Å². The summed E-state index contributed by atoms with van der Waals surface area (Å²) >= 11 is 0. The maximum atomic E-state index is 4.51. The van der Waals surface area contributed by atoms with Crippen LogP contribution in [0.15, 0.2) is 49.2 Å². The molecule has 1 nitrogen and oxygen atoms in total. The fourth-order valence-electron chi connectivity index (χ4n) is 1.92. The Labute approximate surface area is 109 Å². The number of allylic oxidation sites excluding steroid dienone is 1. The highest BCUT2D eigenvalue weighted by Crippen LogP contribution is 2.30. The maximum absolute atomic E-state index is 4.51. The molecule has 0 unspecified atom stereocenters. The minimum atomic E-state index is 0.441. The lowest BCUT2D eigenvalue weighted by atomic mass is 9.91. The van der Waals surface area contributed by atoms with Crippen molar-refractivity contribution >= 4 is 5.57 Å². The van der Waals surface area contributed by atoms with Crippen molar-refractivity contribution in [2.75, 3.05) is 0 Å². The zero-order valence-electron chi connectivity index (χ0n) is 11.3. The molecule has 0 atom stereocenters. The van der Waals surface area contributed by atoms with Crippen LogP contribution in [0.5, 0.6) is 0 Å². The first-order chi connectivity index (χ1) is 8.59. The van der Waals surface area contributed by atoms with E-state index in [0.717, 1.165) is 16.8 Å². The number of hydrogen-bond donors (Lipinski definition) is 0. The fraction of sp³-hybridized carbons (Fsp3) is 0.235. The highest BCUT2D eigenvalue weighted by Gasteiger charge is 2.10. The lowest BCUT2D eigenvalue weighted by molar-refractivity contribution is 0.858. The van der Waals surface area contributed by atoms with Crippen molar-refractivity contribution in [3.63, 3.8) is 0 Å². The number of aryl methyl sites for hydroxylation is 1. The standard InChI is InChI=1S/C17H19N/c1-12(2)14(4)15-7-5-6-8-16(15)17-10-9-13(3)11-18-17/h5-12H,4H2,1-3H3. The van der Waals surface area contributed by atoms with Gasteiger partial charge in [0.15, 0.2) is 0 Å². The summed E-state index contributed by atoms with van der Waals surface area (Å²) in [5, 5.41) is 0. The molecule has 1 heterocycles. The molecule has 1 aromatic carbocycles. The van der Waals surface area contributed by atoms with Gasteiger partial charge in [-0.1, -0.05) is 50.8 Å². The van der Waals surface area contributed by atoms with E-state index in [4.69, 9.17) is 0 Å². The molecule has 0 radical (unpaired) electrons. The Morgan fingerprint density at radius 1 is 1.11 bits per heavy atom. The number of benzene rings is 1. The van der Waals surface area contributed by atoms with E-state index in [1.165, 1.54) is 11.1 Å². The molecule has 0 aliphatic heterocycles. The second-order valence-electron chi connectivity index (χ2n) is 4.95. The summed E-state index contributed by atoms with van der Waals surface area (Å²) in [5.74, 6) is 0.441. The molecule has 0 N–H and O–H groups in total. The van der Waals surface area contributed by atoms with E-state index in [0.29, 0.717) is 5.92 Å². The monoisotopic (exact) mass is 237 g/mol. The van der Waals surface area contributed by atoms with Crippen LogP contribution in [-0.2, 0) is 0 Å². The molecule has 0 saturated heterocycles. The first kappa shape index (κ1) is 12.6. The largest absolute Gasteiger partial charge is 0.256 e. The van der Waals surface area contributed by atoms with Gasteiger partial charge in [-0.05, 0) is 35.6 Å². The number of aromatic nitrogens is 1. The van der Waals surface area contributed by atoms with E-state index in [9.17, 15) is 0 Å². The third-order valence-electron chi connectivity index (χ3n) is 3.16. The van der Waals surface area contributed by atoms with Gasteiger partial charge in [-0.3, -0.25) is 4.98 Å². The van der Waals surface area contributed by atoms with Crippen LogP contribution in [0.3, 0.4) is 0 Å². The molecule has 0 saturated carbocycles. The molecule has 0 amide bonds. The van der Waals surface area contributed by atoms with Gasteiger partial charge in [0, 0.05) is 11.8 Å². The van der Waals surface area contributed by atoms with Crippen LogP contribution in [0.4, 0.5) is 0 Å².